The van der Waals surface area contributed by atoms with Crippen molar-refractivity contribution >= 4 is 17.5 Å². The maximum absolute atomic E-state index is 11.6. The van der Waals surface area contributed by atoms with Crippen LogP contribution in [0.4, 0.5) is 5.69 Å². The number of carbonyl (C=O) groups is 2. The van der Waals surface area contributed by atoms with Crippen LogP contribution in [0.1, 0.15) is 25.8 Å². The van der Waals surface area contributed by atoms with E-state index in [2.05, 4.69) is 10.6 Å². The van der Waals surface area contributed by atoms with Crippen LogP contribution >= 0.6 is 0 Å². The molecule has 0 unspecified atom stereocenters. The summed E-state index contributed by atoms with van der Waals surface area (Å²) in [6.07, 6.45) is 0.822. The molecule has 19 heavy (non-hydrogen) atoms. The van der Waals surface area contributed by atoms with Crippen molar-refractivity contribution in [3.05, 3.63) is 29.8 Å². The summed E-state index contributed by atoms with van der Waals surface area (Å²) < 4.78 is 0. The summed E-state index contributed by atoms with van der Waals surface area (Å²) in [5, 5.41) is 13.7. The van der Waals surface area contributed by atoms with Crippen molar-refractivity contribution in [2.24, 2.45) is 5.92 Å². The maximum Gasteiger partial charge on any atom is 0.313 e. The topological polar surface area (TPSA) is 82.0 Å². The Morgan fingerprint density at radius 3 is 2.68 bits per heavy atom. The Hall–Kier alpha value is -2.35. The first-order valence-corrected chi connectivity index (χ1v) is 6.12. The van der Waals surface area contributed by atoms with Gasteiger partial charge in [-0.2, -0.15) is 5.26 Å². The normalized spacial score (nSPS) is 9.79. The van der Waals surface area contributed by atoms with E-state index in [0.29, 0.717) is 23.7 Å². The highest BCUT2D eigenvalue weighted by atomic mass is 16.2. The zero-order valence-corrected chi connectivity index (χ0v) is 11.1. The van der Waals surface area contributed by atoms with Crippen molar-refractivity contribution in [3.63, 3.8) is 0 Å². The first-order chi connectivity index (χ1) is 9.02. The van der Waals surface area contributed by atoms with E-state index in [1.807, 2.05) is 19.9 Å². The molecule has 0 saturated carbocycles. The van der Waals surface area contributed by atoms with E-state index in [9.17, 15) is 9.59 Å². The highest BCUT2D eigenvalue weighted by Gasteiger charge is 2.13. The standard InChI is InChI=1S/C14H17N3O2/c1-10(2)6-7-16-13(18)14(19)17-12-5-3-4-11(8-12)9-15/h3-5,8,10H,6-7H2,1-2H3,(H,16,18)(H,17,19). The predicted molar refractivity (Wildman–Crippen MR) is 72.3 cm³/mol. The summed E-state index contributed by atoms with van der Waals surface area (Å²) in [4.78, 5) is 23.1. The van der Waals surface area contributed by atoms with Gasteiger partial charge in [-0.25, -0.2) is 0 Å². The number of amides is 2. The summed E-state index contributed by atoms with van der Waals surface area (Å²) in [7, 11) is 0. The second kappa shape index (κ2) is 7.17. The van der Waals surface area contributed by atoms with E-state index in [1.165, 1.54) is 6.07 Å². The molecule has 0 aromatic heterocycles. The summed E-state index contributed by atoms with van der Waals surface area (Å²) in [6.45, 7) is 4.56. The number of nitriles is 1. The van der Waals surface area contributed by atoms with Gasteiger partial charge in [0, 0.05) is 12.2 Å². The van der Waals surface area contributed by atoms with Gasteiger partial charge in [-0.05, 0) is 30.5 Å². The van der Waals surface area contributed by atoms with Crippen LogP contribution < -0.4 is 10.6 Å². The number of anilines is 1. The van der Waals surface area contributed by atoms with Gasteiger partial charge < -0.3 is 10.6 Å². The molecule has 100 valence electrons. The zero-order valence-electron chi connectivity index (χ0n) is 11.1. The SMILES string of the molecule is CC(C)CCNC(=O)C(=O)Nc1cccc(C#N)c1. The number of nitrogens with one attached hydrogen (secondary N) is 2. The monoisotopic (exact) mass is 259 g/mol. The van der Waals surface area contributed by atoms with E-state index in [4.69, 9.17) is 5.26 Å². The lowest BCUT2D eigenvalue weighted by atomic mass is 10.1. The first-order valence-electron chi connectivity index (χ1n) is 6.12. The average molecular weight is 259 g/mol. The summed E-state index contributed by atoms with van der Waals surface area (Å²) in [5.41, 5.74) is 0.862. The number of benzene rings is 1. The van der Waals surface area contributed by atoms with Crippen molar-refractivity contribution in [1.29, 1.82) is 5.26 Å². The smallest absolute Gasteiger partial charge is 0.313 e. The average Bonchev–Trinajstić information content (AvgIpc) is 2.38. The molecule has 0 aliphatic heterocycles. The van der Waals surface area contributed by atoms with Crippen LogP contribution in [0.3, 0.4) is 0 Å². The molecule has 0 aliphatic rings. The fraction of sp³-hybridized carbons (Fsp3) is 0.357. The number of nitrogens with zero attached hydrogens (tertiary/aromatic N) is 1. The van der Waals surface area contributed by atoms with Crippen molar-refractivity contribution < 1.29 is 9.59 Å². The summed E-state index contributed by atoms with van der Waals surface area (Å²) >= 11 is 0. The largest absolute Gasteiger partial charge is 0.348 e. The second-order valence-corrected chi connectivity index (χ2v) is 4.59. The third-order valence-corrected chi connectivity index (χ3v) is 2.46. The molecule has 0 fully saturated rings. The zero-order chi connectivity index (χ0) is 14.3. The molecule has 0 heterocycles. The van der Waals surface area contributed by atoms with Crippen LogP contribution in [0.5, 0.6) is 0 Å². The molecule has 1 aromatic rings. The van der Waals surface area contributed by atoms with Gasteiger partial charge in [-0.3, -0.25) is 9.59 Å². The van der Waals surface area contributed by atoms with Crippen LogP contribution in [0, 0.1) is 17.2 Å². The molecule has 0 radical (unpaired) electrons. The predicted octanol–water partition coefficient (Wildman–Crippen LogP) is 1.66. The van der Waals surface area contributed by atoms with Gasteiger partial charge in [0.05, 0.1) is 11.6 Å². The van der Waals surface area contributed by atoms with Gasteiger partial charge in [0.1, 0.15) is 0 Å². The number of rotatable bonds is 4. The summed E-state index contributed by atoms with van der Waals surface area (Å²) in [6, 6.07) is 8.37. The highest BCUT2D eigenvalue weighted by molar-refractivity contribution is 6.39. The first kappa shape index (κ1) is 14.7. The fourth-order valence-corrected chi connectivity index (χ4v) is 1.41. The third kappa shape index (κ3) is 5.21. The van der Waals surface area contributed by atoms with Crippen molar-refractivity contribution in [2.75, 3.05) is 11.9 Å². The molecule has 1 aromatic carbocycles. The van der Waals surface area contributed by atoms with Gasteiger partial charge in [0.15, 0.2) is 0 Å². The second-order valence-electron chi connectivity index (χ2n) is 4.59. The Kier molecular flexibility index (Phi) is 5.55. The molecule has 1 rings (SSSR count). The van der Waals surface area contributed by atoms with Crippen LogP contribution in [0.2, 0.25) is 0 Å². The van der Waals surface area contributed by atoms with Gasteiger partial charge in [-0.15, -0.1) is 0 Å². The molecule has 5 nitrogen and oxygen atoms in total. The van der Waals surface area contributed by atoms with Crippen LogP contribution in [0.15, 0.2) is 24.3 Å². The molecular weight excluding hydrogens is 242 g/mol. The van der Waals surface area contributed by atoms with E-state index in [-0.39, 0.29) is 0 Å². The van der Waals surface area contributed by atoms with Gasteiger partial charge >= 0.3 is 11.8 Å². The molecular formula is C14H17N3O2. The molecule has 0 bridgehead atoms. The lowest BCUT2D eigenvalue weighted by Crippen LogP contribution is -2.36. The van der Waals surface area contributed by atoms with Gasteiger partial charge in [-0.1, -0.05) is 19.9 Å². The van der Waals surface area contributed by atoms with Gasteiger partial charge in [0.25, 0.3) is 0 Å². The highest BCUT2D eigenvalue weighted by Crippen LogP contribution is 2.09. The minimum Gasteiger partial charge on any atom is -0.348 e. The van der Waals surface area contributed by atoms with Gasteiger partial charge in [0.2, 0.25) is 0 Å². The van der Waals surface area contributed by atoms with Crippen molar-refractivity contribution in [3.8, 4) is 6.07 Å². The third-order valence-electron chi connectivity index (χ3n) is 2.46. The molecule has 0 saturated heterocycles. The molecule has 0 spiro atoms. The van der Waals surface area contributed by atoms with E-state index in [0.717, 1.165) is 6.42 Å². The Morgan fingerprint density at radius 1 is 1.32 bits per heavy atom. The molecule has 5 heteroatoms. The number of hydrogen-bond donors (Lipinski definition) is 2. The number of hydrogen-bond acceptors (Lipinski definition) is 3. The number of carbonyl (C=O) groups excluding carboxylic acids is 2. The lowest BCUT2D eigenvalue weighted by Gasteiger charge is -2.08. The van der Waals surface area contributed by atoms with Crippen LogP contribution in [-0.4, -0.2) is 18.4 Å². The Labute approximate surface area is 112 Å². The molecule has 2 amide bonds. The van der Waals surface area contributed by atoms with E-state index in [1.54, 1.807) is 18.2 Å². The maximum atomic E-state index is 11.6. The fourth-order valence-electron chi connectivity index (χ4n) is 1.41. The Balaban J connectivity index is 2.50. The van der Waals surface area contributed by atoms with Crippen LogP contribution in [0.25, 0.3) is 0 Å². The minimum absolute atomic E-state index is 0.429. The molecule has 0 atom stereocenters. The lowest BCUT2D eigenvalue weighted by molar-refractivity contribution is -0.136. The Morgan fingerprint density at radius 2 is 2.05 bits per heavy atom. The Bertz CT molecular complexity index is 504. The molecule has 2 N–H and O–H groups in total. The minimum atomic E-state index is -0.723. The molecule has 0 aliphatic carbocycles. The van der Waals surface area contributed by atoms with Crippen LogP contribution in [-0.2, 0) is 9.59 Å². The van der Waals surface area contributed by atoms with Crippen molar-refractivity contribution in [1.82, 2.24) is 5.32 Å². The van der Waals surface area contributed by atoms with Crippen molar-refractivity contribution in [2.45, 2.75) is 20.3 Å². The quantitative estimate of drug-likeness (QED) is 0.807. The van der Waals surface area contributed by atoms with E-state index < -0.39 is 11.8 Å². The van der Waals surface area contributed by atoms with E-state index >= 15 is 0 Å². The summed E-state index contributed by atoms with van der Waals surface area (Å²) in [5.74, 6) is -0.919.